The summed E-state index contributed by atoms with van der Waals surface area (Å²) < 4.78 is 22.5. The van der Waals surface area contributed by atoms with Gasteiger partial charge in [0.2, 0.25) is 5.13 Å². The molecule has 3 aromatic rings. The molecule has 0 saturated carbocycles. The molecule has 9 nitrogen and oxygen atoms in total. The van der Waals surface area contributed by atoms with Crippen molar-refractivity contribution >= 4 is 28.5 Å². The van der Waals surface area contributed by atoms with E-state index in [2.05, 4.69) is 29.4 Å². The molecule has 1 N–H and O–H groups in total. The summed E-state index contributed by atoms with van der Waals surface area (Å²) in [4.78, 5) is 12.6. The number of amides is 1. The Hall–Kier alpha value is -4.10. The van der Waals surface area contributed by atoms with Gasteiger partial charge in [0, 0.05) is 12.5 Å². The molecule has 0 spiro atoms. The molecule has 2 aromatic carbocycles. The van der Waals surface area contributed by atoms with Gasteiger partial charge in [-0.15, -0.1) is 10.2 Å². The van der Waals surface area contributed by atoms with Gasteiger partial charge >= 0.3 is 0 Å². The number of anilines is 1. The van der Waals surface area contributed by atoms with Crippen LogP contribution in [0.3, 0.4) is 0 Å². The van der Waals surface area contributed by atoms with Crippen molar-refractivity contribution in [1.29, 1.82) is 5.26 Å². The second-order valence-electron chi connectivity index (χ2n) is 8.24. The molecule has 0 saturated heterocycles. The number of hydrogen-bond acceptors (Lipinski definition) is 9. The fourth-order valence-electron chi connectivity index (χ4n) is 3.22. The molecule has 0 aliphatic rings. The normalized spacial score (nSPS) is 11.1. The van der Waals surface area contributed by atoms with E-state index in [4.69, 9.17) is 18.9 Å². The third-order valence-electron chi connectivity index (χ3n) is 4.86. The lowest BCUT2D eigenvalue weighted by atomic mass is 10.1. The minimum absolute atomic E-state index is 0.0663. The topological polar surface area (TPSA) is 116 Å². The molecule has 0 radical (unpaired) electrons. The highest BCUT2D eigenvalue weighted by Crippen LogP contribution is 2.30. The quantitative estimate of drug-likeness (QED) is 0.186. The first-order chi connectivity index (χ1) is 17.9. The molecule has 0 aliphatic carbocycles. The summed E-state index contributed by atoms with van der Waals surface area (Å²) in [6.07, 6.45) is 2.26. The van der Waals surface area contributed by atoms with Gasteiger partial charge in [-0.25, -0.2) is 0 Å². The van der Waals surface area contributed by atoms with Crippen molar-refractivity contribution < 1.29 is 23.7 Å². The van der Waals surface area contributed by atoms with Crippen molar-refractivity contribution in [2.75, 3.05) is 32.2 Å². The highest BCUT2D eigenvalue weighted by atomic mass is 32.1. The smallest absolute Gasteiger partial charge is 0.268 e. The lowest BCUT2D eigenvalue weighted by Gasteiger charge is -2.13. The average molecular weight is 523 g/mol. The highest BCUT2D eigenvalue weighted by Gasteiger charge is 2.14. The first kappa shape index (κ1) is 27.5. The number of hydrogen-bond donors (Lipinski definition) is 1. The summed E-state index contributed by atoms with van der Waals surface area (Å²) in [5.74, 6) is 2.30. The van der Waals surface area contributed by atoms with Crippen molar-refractivity contribution in [1.82, 2.24) is 10.2 Å². The van der Waals surface area contributed by atoms with Gasteiger partial charge in [0.25, 0.3) is 5.91 Å². The number of methoxy groups -OCH3 is 1. The van der Waals surface area contributed by atoms with Crippen LogP contribution in [0.5, 0.6) is 23.0 Å². The SMILES string of the molecule is CCOc1cc(/C=C(/C#N)C(=O)Nc2nnc(CC(C)C)s2)ccc1OCCOc1cccc(OC)c1. The van der Waals surface area contributed by atoms with Gasteiger partial charge in [-0.2, -0.15) is 5.26 Å². The van der Waals surface area contributed by atoms with E-state index >= 15 is 0 Å². The van der Waals surface area contributed by atoms with E-state index in [0.29, 0.717) is 59.4 Å². The molecule has 0 atom stereocenters. The molecular formula is C27H30N4O5S. The number of rotatable bonds is 13. The van der Waals surface area contributed by atoms with E-state index in [0.717, 1.165) is 11.4 Å². The number of carbonyl (C=O) groups excluding carboxylic acids is 1. The van der Waals surface area contributed by atoms with Crippen LogP contribution in [0.15, 0.2) is 48.0 Å². The molecule has 194 valence electrons. The number of carbonyl (C=O) groups is 1. The molecule has 37 heavy (non-hydrogen) atoms. The Bertz CT molecular complexity index is 1270. The number of nitrogens with zero attached hydrogens (tertiary/aromatic N) is 3. The fourth-order valence-corrected chi connectivity index (χ4v) is 4.17. The molecule has 0 aliphatic heterocycles. The van der Waals surface area contributed by atoms with Gasteiger partial charge in [-0.05, 0) is 48.7 Å². The lowest BCUT2D eigenvalue weighted by Crippen LogP contribution is -2.13. The second kappa shape index (κ2) is 13.8. The molecule has 1 heterocycles. The fraction of sp³-hybridized carbons (Fsp3) is 0.333. The van der Waals surface area contributed by atoms with Crippen LogP contribution < -0.4 is 24.3 Å². The average Bonchev–Trinajstić information content (AvgIpc) is 3.32. The van der Waals surface area contributed by atoms with Gasteiger partial charge in [-0.3, -0.25) is 10.1 Å². The maximum Gasteiger partial charge on any atom is 0.268 e. The van der Waals surface area contributed by atoms with E-state index < -0.39 is 5.91 Å². The number of benzene rings is 2. The summed E-state index contributed by atoms with van der Waals surface area (Å²) in [5, 5.41) is 21.5. The third kappa shape index (κ3) is 8.51. The maximum atomic E-state index is 12.6. The van der Waals surface area contributed by atoms with Crippen LogP contribution in [0, 0.1) is 17.2 Å². The highest BCUT2D eigenvalue weighted by molar-refractivity contribution is 7.15. The summed E-state index contributed by atoms with van der Waals surface area (Å²) in [6, 6.07) is 14.5. The Labute approximate surface area is 220 Å². The molecule has 3 rings (SSSR count). The number of nitriles is 1. The zero-order valence-electron chi connectivity index (χ0n) is 21.3. The minimum atomic E-state index is -0.553. The molecular weight excluding hydrogens is 492 g/mol. The number of ether oxygens (including phenoxy) is 4. The Kier molecular flexibility index (Phi) is 10.3. The second-order valence-corrected chi connectivity index (χ2v) is 9.30. The van der Waals surface area contributed by atoms with Crippen molar-refractivity contribution in [3.8, 4) is 29.1 Å². The van der Waals surface area contributed by atoms with Gasteiger partial charge in [-0.1, -0.05) is 37.3 Å². The minimum Gasteiger partial charge on any atom is -0.497 e. The van der Waals surface area contributed by atoms with Crippen molar-refractivity contribution in [2.45, 2.75) is 27.2 Å². The van der Waals surface area contributed by atoms with E-state index in [1.165, 1.54) is 17.4 Å². The summed E-state index contributed by atoms with van der Waals surface area (Å²) in [7, 11) is 1.60. The van der Waals surface area contributed by atoms with E-state index in [-0.39, 0.29) is 5.57 Å². The molecule has 1 amide bonds. The molecule has 10 heteroatoms. The summed E-state index contributed by atoms with van der Waals surface area (Å²) in [6.45, 7) is 7.06. The van der Waals surface area contributed by atoms with Crippen LogP contribution in [-0.4, -0.2) is 43.0 Å². The van der Waals surface area contributed by atoms with Crippen LogP contribution in [0.4, 0.5) is 5.13 Å². The van der Waals surface area contributed by atoms with Crippen molar-refractivity contribution in [2.24, 2.45) is 5.92 Å². The first-order valence-corrected chi connectivity index (χ1v) is 12.7. The molecule has 0 unspecified atom stereocenters. The van der Waals surface area contributed by atoms with E-state index in [1.807, 2.05) is 31.2 Å². The van der Waals surface area contributed by atoms with Gasteiger partial charge in [0.15, 0.2) is 11.5 Å². The predicted molar refractivity (Wildman–Crippen MR) is 142 cm³/mol. The summed E-state index contributed by atoms with van der Waals surface area (Å²) >= 11 is 1.30. The van der Waals surface area contributed by atoms with Crippen LogP contribution in [0.25, 0.3) is 6.08 Å². The molecule has 0 fully saturated rings. The van der Waals surface area contributed by atoms with Crippen LogP contribution in [0.1, 0.15) is 31.3 Å². The molecule has 0 bridgehead atoms. The largest absolute Gasteiger partial charge is 0.497 e. The maximum absolute atomic E-state index is 12.6. The van der Waals surface area contributed by atoms with Crippen LogP contribution in [-0.2, 0) is 11.2 Å². The van der Waals surface area contributed by atoms with Gasteiger partial charge in [0.05, 0.1) is 13.7 Å². The van der Waals surface area contributed by atoms with Crippen LogP contribution >= 0.6 is 11.3 Å². The number of nitrogens with one attached hydrogen (secondary N) is 1. The third-order valence-corrected chi connectivity index (χ3v) is 5.73. The first-order valence-electron chi connectivity index (χ1n) is 11.8. The zero-order valence-corrected chi connectivity index (χ0v) is 22.1. The van der Waals surface area contributed by atoms with Crippen molar-refractivity contribution in [3.05, 3.63) is 58.6 Å². The van der Waals surface area contributed by atoms with E-state index in [9.17, 15) is 10.1 Å². The monoisotopic (exact) mass is 522 g/mol. The number of aromatic nitrogens is 2. The summed E-state index contributed by atoms with van der Waals surface area (Å²) in [5.41, 5.74) is 0.552. The molecule has 1 aromatic heterocycles. The Balaban J connectivity index is 1.64. The zero-order chi connectivity index (χ0) is 26.6. The Morgan fingerprint density at radius 2 is 1.86 bits per heavy atom. The standard InChI is InChI=1S/C27H30N4O5S/c1-5-34-24-15-19(9-10-23(24)36-12-11-35-22-8-6-7-21(16-22)33-4)14-20(17-28)26(32)29-27-31-30-25(37-27)13-18(2)3/h6-10,14-16,18H,5,11-13H2,1-4H3,(H,29,31,32)/b20-14-. The Morgan fingerprint density at radius 3 is 2.59 bits per heavy atom. The van der Waals surface area contributed by atoms with E-state index in [1.54, 1.807) is 31.4 Å². The predicted octanol–water partition coefficient (Wildman–Crippen LogP) is 5.15. The van der Waals surface area contributed by atoms with Gasteiger partial charge < -0.3 is 18.9 Å². The Morgan fingerprint density at radius 1 is 1.08 bits per heavy atom. The van der Waals surface area contributed by atoms with Gasteiger partial charge in [0.1, 0.15) is 41.4 Å². The van der Waals surface area contributed by atoms with Crippen molar-refractivity contribution in [3.63, 3.8) is 0 Å². The lowest BCUT2D eigenvalue weighted by molar-refractivity contribution is -0.112. The van der Waals surface area contributed by atoms with Crippen LogP contribution in [0.2, 0.25) is 0 Å².